The van der Waals surface area contributed by atoms with Gasteiger partial charge >= 0.3 is 11.9 Å². The molecule has 22 heavy (non-hydrogen) atoms. The molecule has 2 aromatic rings. The number of carbonyl (C=O) groups is 3. The minimum atomic E-state index is -1.42. The molecule has 0 aliphatic carbocycles. The van der Waals surface area contributed by atoms with Crippen LogP contribution in [0.5, 0.6) is 11.5 Å². The quantitative estimate of drug-likeness (QED) is 0.632. The molecular formula is C15H10O7. The van der Waals surface area contributed by atoms with Gasteiger partial charge in [0.1, 0.15) is 22.6 Å². The monoisotopic (exact) mass is 302 g/mol. The molecule has 0 aliphatic rings. The largest absolute Gasteiger partial charge is 0.506 e. The second-order valence-electron chi connectivity index (χ2n) is 4.34. The molecule has 0 aliphatic heterocycles. The smallest absolute Gasteiger partial charge is 0.339 e. The van der Waals surface area contributed by atoms with Crippen LogP contribution in [-0.4, -0.2) is 38.1 Å². The van der Waals surface area contributed by atoms with Crippen molar-refractivity contribution in [3.8, 4) is 11.5 Å². The van der Waals surface area contributed by atoms with Crippen molar-refractivity contribution in [2.24, 2.45) is 0 Å². The van der Waals surface area contributed by atoms with Crippen LogP contribution in [-0.2, 0) is 0 Å². The van der Waals surface area contributed by atoms with Gasteiger partial charge in [-0.3, -0.25) is 4.79 Å². The van der Waals surface area contributed by atoms with Gasteiger partial charge in [-0.2, -0.15) is 0 Å². The molecule has 0 fully saturated rings. The molecule has 112 valence electrons. The number of hydrogen-bond donors (Lipinski definition) is 4. The summed E-state index contributed by atoms with van der Waals surface area (Å²) in [6, 6.07) is 7.10. The summed E-state index contributed by atoms with van der Waals surface area (Å²) in [5.74, 6) is -5.23. The molecule has 0 atom stereocenters. The van der Waals surface area contributed by atoms with Crippen LogP contribution < -0.4 is 0 Å². The summed E-state index contributed by atoms with van der Waals surface area (Å²) in [6.07, 6.45) is 0. The van der Waals surface area contributed by atoms with E-state index in [1.165, 1.54) is 24.3 Å². The van der Waals surface area contributed by atoms with Gasteiger partial charge in [0, 0.05) is 0 Å². The Hall–Kier alpha value is -3.35. The summed E-state index contributed by atoms with van der Waals surface area (Å²) in [7, 11) is 0. The van der Waals surface area contributed by atoms with Gasteiger partial charge in [-0.15, -0.1) is 0 Å². The second-order valence-corrected chi connectivity index (χ2v) is 4.34. The highest BCUT2D eigenvalue weighted by molar-refractivity contribution is 6.14. The number of aromatic hydroxyl groups is 2. The molecule has 0 saturated carbocycles. The first kappa shape index (κ1) is 15.0. The Balaban J connectivity index is 2.59. The highest BCUT2D eigenvalue weighted by atomic mass is 16.4. The normalized spacial score (nSPS) is 10.2. The Morgan fingerprint density at radius 3 is 1.27 bits per heavy atom. The van der Waals surface area contributed by atoms with E-state index >= 15 is 0 Å². The fraction of sp³-hybridized carbons (Fsp3) is 0. The Kier molecular flexibility index (Phi) is 3.81. The first-order valence-electron chi connectivity index (χ1n) is 5.99. The molecule has 0 spiro atoms. The summed E-state index contributed by atoms with van der Waals surface area (Å²) < 4.78 is 0. The maximum atomic E-state index is 12.3. The minimum Gasteiger partial charge on any atom is -0.506 e. The molecule has 4 N–H and O–H groups in total. The lowest BCUT2D eigenvalue weighted by Crippen LogP contribution is -2.07. The van der Waals surface area contributed by atoms with Crippen LogP contribution in [0, 0.1) is 0 Å². The summed E-state index contributed by atoms with van der Waals surface area (Å²) in [5.41, 5.74) is -1.64. The first-order valence-corrected chi connectivity index (χ1v) is 5.99. The average molecular weight is 302 g/mol. The van der Waals surface area contributed by atoms with Gasteiger partial charge in [0.2, 0.25) is 5.78 Å². The molecule has 2 aromatic carbocycles. The predicted octanol–water partition coefficient (Wildman–Crippen LogP) is 1.73. The van der Waals surface area contributed by atoms with E-state index in [9.17, 15) is 24.6 Å². The molecule has 0 radical (unpaired) electrons. The van der Waals surface area contributed by atoms with Crippen molar-refractivity contribution in [1.29, 1.82) is 0 Å². The van der Waals surface area contributed by atoms with Crippen molar-refractivity contribution in [2.45, 2.75) is 0 Å². The Morgan fingerprint density at radius 1 is 0.636 bits per heavy atom. The standard InChI is InChI=1S/C15H10O7/c16-11(7-3-1-5-9(12(7)17)14(19)20)8-4-2-6-10(13(8)18)15(21)22/h1-6,17-18H,(H,19,20)(H,21,22). The van der Waals surface area contributed by atoms with Crippen LogP contribution in [0.15, 0.2) is 36.4 Å². The van der Waals surface area contributed by atoms with Crippen molar-refractivity contribution < 1.29 is 34.8 Å². The molecule has 0 aromatic heterocycles. The topological polar surface area (TPSA) is 132 Å². The van der Waals surface area contributed by atoms with E-state index in [4.69, 9.17) is 10.2 Å². The maximum Gasteiger partial charge on any atom is 0.339 e. The zero-order valence-corrected chi connectivity index (χ0v) is 11.0. The molecule has 2 rings (SSSR count). The predicted molar refractivity (Wildman–Crippen MR) is 73.6 cm³/mol. The van der Waals surface area contributed by atoms with Crippen LogP contribution >= 0.6 is 0 Å². The second kappa shape index (κ2) is 5.57. The number of ketones is 1. The number of benzene rings is 2. The minimum absolute atomic E-state index is 0.349. The van der Waals surface area contributed by atoms with E-state index in [2.05, 4.69) is 0 Å². The summed E-state index contributed by atoms with van der Waals surface area (Å²) >= 11 is 0. The van der Waals surface area contributed by atoms with Gasteiger partial charge in [0.05, 0.1) is 11.1 Å². The fourth-order valence-electron chi connectivity index (χ4n) is 1.94. The van der Waals surface area contributed by atoms with Crippen molar-refractivity contribution in [3.05, 3.63) is 58.7 Å². The van der Waals surface area contributed by atoms with Crippen molar-refractivity contribution in [1.82, 2.24) is 0 Å². The first-order chi connectivity index (χ1) is 10.3. The number of carboxylic acid groups (broad SMARTS) is 2. The van der Waals surface area contributed by atoms with E-state index in [0.717, 1.165) is 12.1 Å². The third-order valence-corrected chi connectivity index (χ3v) is 3.02. The lowest BCUT2D eigenvalue weighted by atomic mass is 9.97. The average Bonchev–Trinajstić information content (AvgIpc) is 2.46. The number of aromatic carboxylic acids is 2. The van der Waals surface area contributed by atoms with Crippen LogP contribution in [0.3, 0.4) is 0 Å². The molecule has 0 heterocycles. The van der Waals surface area contributed by atoms with Crippen molar-refractivity contribution in [2.75, 3.05) is 0 Å². The number of para-hydroxylation sites is 2. The summed E-state index contributed by atoms with van der Waals surface area (Å²) in [5, 5.41) is 37.6. The van der Waals surface area contributed by atoms with Crippen LogP contribution in [0.1, 0.15) is 36.6 Å². The van der Waals surface area contributed by atoms with E-state index in [-0.39, 0.29) is 11.1 Å². The SMILES string of the molecule is O=C(O)c1cccc(C(=O)c2cccc(C(=O)O)c2O)c1O. The van der Waals surface area contributed by atoms with Gasteiger partial charge in [-0.25, -0.2) is 9.59 Å². The highest BCUT2D eigenvalue weighted by Gasteiger charge is 2.23. The molecule has 7 heteroatoms. The van der Waals surface area contributed by atoms with Crippen LogP contribution in [0.25, 0.3) is 0 Å². The number of rotatable bonds is 4. The van der Waals surface area contributed by atoms with Gasteiger partial charge in [-0.05, 0) is 24.3 Å². The van der Waals surface area contributed by atoms with Crippen LogP contribution in [0.2, 0.25) is 0 Å². The maximum absolute atomic E-state index is 12.3. The molecule has 0 saturated heterocycles. The third-order valence-electron chi connectivity index (χ3n) is 3.02. The van der Waals surface area contributed by atoms with E-state index in [1.807, 2.05) is 0 Å². The Labute approximate surface area is 123 Å². The summed E-state index contributed by atoms with van der Waals surface area (Å²) in [4.78, 5) is 34.2. The molecule has 0 amide bonds. The van der Waals surface area contributed by atoms with E-state index in [0.29, 0.717) is 0 Å². The Morgan fingerprint density at radius 2 is 0.955 bits per heavy atom. The van der Waals surface area contributed by atoms with Crippen molar-refractivity contribution >= 4 is 17.7 Å². The molecule has 7 nitrogen and oxygen atoms in total. The van der Waals surface area contributed by atoms with E-state index in [1.54, 1.807) is 0 Å². The zero-order valence-electron chi connectivity index (χ0n) is 11.0. The fourth-order valence-corrected chi connectivity index (χ4v) is 1.94. The van der Waals surface area contributed by atoms with Gasteiger partial charge in [0.25, 0.3) is 0 Å². The van der Waals surface area contributed by atoms with Crippen LogP contribution in [0.4, 0.5) is 0 Å². The van der Waals surface area contributed by atoms with E-state index < -0.39 is 40.3 Å². The lowest BCUT2D eigenvalue weighted by Gasteiger charge is -2.09. The molecule has 0 bridgehead atoms. The van der Waals surface area contributed by atoms with Gasteiger partial charge in [0.15, 0.2) is 0 Å². The summed E-state index contributed by atoms with van der Waals surface area (Å²) in [6.45, 7) is 0. The number of carbonyl (C=O) groups excluding carboxylic acids is 1. The lowest BCUT2D eigenvalue weighted by molar-refractivity contribution is 0.0682. The Bertz CT molecular complexity index is 727. The highest BCUT2D eigenvalue weighted by Crippen LogP contribution is 2.30. The van der Waals surface area contributed by atoms with Gasteiger partial charge in [-0.1, -0.05) is 12.1 Å². The molecular weight excluding hydrogens is 292 g/mol. The third kappa shape index (κ3) is 2.47. The zero-order chi connectivity index (χ0) is 16.4. The number of phenols is 2. The van der Waals surface area contributed by atoms with Crippen molar-refractivity contribution in [3.63, 3.8) is 0 Å². The van der Waals surface area contributed by atoms with Gasteiger partial charge < -0.3 is 20.4 Å². The number of carboxylic acids is 2. The number of hydrogen-bond acceptors (Lipinski definition) is 5. The molecule has 0 unspecified atom stereocenters.